The highest BCUT2D eigenvalue weighted by Gasteiger charge is 2.14. The molecule has 0 spiro atoms. The Labute approximate surface area is 180 Å². The Bertz CT molecular complexity index is 691. The first-order chi connectivity index (χ1) is 13.4. The molecule has 2 N–H and O–H groups in total. The van der Waals surface area contributed by atoms with Gasteiger partial charge in [-0.25, -0.2) is 8.42 Å². The molecule has 0 heterocycles. The van der Waals surface area contributed by atoms with Crippen molar-refractivity contribution in [3.63, 3.8) is 0 Å². The summed E-state index contributed by atoms with van der Waals surface area (Å²) in [4.78, 5) is 45.9. The van der Waals surface area contributed by atoms with Crippen LogP contribution < -0.4 is 10.6 Å². The number of carbonyl (C=O) groups excluding carboxylic acids is 4. The van der Waals surface area contributed by atoms with Gasteiger partial charge in [-0.2, -0.15) is 0 Å². The van der Waals surface area contributed by atoms with Crippen LogP contribution in [0.25, 0.3) is 0 Å². The number of hydrogen-bond acceptors (Lipinski definition) is 8. The largest absolute Gasteiger partial charge is 0.347 e. The third kappa shape index (κ3) is 15.0. The van der Waals surface area contributed by atoms with Gasteiger partial charge < -0.3 is 10.6 Å². The number of allylic oxidation sites excluding steroid dienone is 2. The molecule has 0 bridgehead atoms. The predicted octanol–water partition coefficient (Wildman–Crippen LogP) is 2.36. The van der Waals surface area contributed by atoms with Crippen LogP contribution in [-0.2, 0) is 19.4 Å². The third-order valence-corrected chi connectivity index (χ3v) is 7.25. The molecule has 0 aliphatic carbocycles. The molecule has 0 atom stereocenters. The maximum atomic E-state index is 12.0. The van der Waals surface area contributed by atoms with Gasteiger partial charge in [-0.1, -0.05) is 36.7 Å². The Morgan fingerprint density at radius 2 is 1.10 bits per heavy atom. The minimum absolute atomic E-state index is 0.0858. The molecule has 0 unspecified atom stereocenters. The van der Waals surface area contributed by atoms with E-state index < -0.39 is 20.3 Å². The number of amides is 2. The van der Waals surface area contributed by atoms with Crippen molar-refractivity contribution < 1.29 is 27.6 Å². The van der Waals surface area contributed by atoms with Gasteiger partial charge in [0.2, 0.25) is 0 Å². The average Bonchev–Trinajstić information content (AvgIpc) is 2.60. The van der Waals surface area contributed by atoms with Crippen LogP contribution in [0.2, 0.25) is 0 Å². The van der Waals surface area contributed by atoms with Gasteiger partial charge in [0.25, 0.3) is 10.5 Å². The zero-order chi connectivity index (χ0) is 22.4. The second-order valence-electron chi connectivity index (χ2n) is 6.18. The van der Waals surface area contributed by atoms with Crippen molar-refractivity contribution in [1.82, 2.24) is 10.6 Å². The molecule has 29 heavy (non-hydrogen) atoms. The molecule has 0 radical (unpaired) electrons. The van der Waals surface area contributed by atoms with E-state index in [2.05, 4.69) is 23.8 Å². The lowest BCUT2D eigenvalue weighted by Gasteiger charge is -2.06. The maximum Gasteiger partial charge on any atom is 0.279 e. The Balaban J connectivity index is 3.93. The van der Waals surface area contributed by atoms with E-state index >= 15 is 0 Å². The smallest absolute Gasteiger partial charge is 0.279 e. The Kier molecular flexibility index (Phi) is 13.6. The SMILES string of the molecule is C=C(C)C(=O)CCNC(=O)SCCS(=O)(=O)CCSC(=O)NCCC(=O)C(=C)C. The first kappa shape index (κ1) is 27.4. The lowest BCUT2D eigenvalue weighted by molar-refractivity contribution is -0.116. The summed E-state index contributed by atoms with van der Waals surface area (Å²) in [5.74, 6) is -0.482. The van der Waals surface area contributed by atoms with Gasteiger partial charge in [0.15, 0.2) is 21.4 Å². The summed E-state index contributed by atoms with van der Waals surface area (Å²) < 4.78 is 23.9. The van der Waals surface area contributed by atoms with Gasteiger partial charge in [0.05, 0.1) is 11.5 Å². The van der Waals surface area contributed by atoms with Gasteiger partial charge >= 0.3 is 0 Å². The highest BCUT2D eigenvalue weighted by atomic mass is 32.2. The van der Waals surface area contributed by atoms with Crippen LogP contribution in [0.4, 0.5) is 9.59 Å². The average molecular weight is 465 g/mol. The number of thioether (sulfide) groups is 2. The molecule has 2 amide bonds. The summed E-state index contributed by atoms with van der Waals surface area (Å²) in [6.07, 6.45) is 0.307. The van der Waals surface area contributed by atoms with E-state index in [-0.39, 0.29) is 60.5 Å². The Morgan fingerprint density at radius 3 is 1.41 bits per heavy atom. The molecule has 0 rings (SSSR count). The molecule has 0 aromatic heterocycles. The lowest BCUT2D eigenvalue weighted by Crippen LogP contribution is -2.24. The van der Waals surface area contributed by atoms with Crippen molar-refractivity contribution in [1.29, 1.82) is 0 Å². The van der Waals surface area contributed by atoms with Crippen molar-refractivity contribution in [2.45, 2.75) is 26.7 Å². The van der Waals surface area contributed by atoms with Crippen molar-refractivity contribution >= 4 is 55.4 Å². The number of sulfone groups is 1. The fourth-order valence-corrected chi connectivity index (χ4v) is 5.39. The zero-order valence-corrected chi connectivity index (χ0v) is 19.2. The summed E-state index contributed by atoms with van der Waals surface area (Å²) in [6, 6.07) is 0. The molecule has 0 saturated heterocycles. The highest BCUT2D eigenvalue weighted by Crippen LogP contribution is 2.08. The molecular formula is C18H28N2O6S3. The van der Waals surface area contributed by atoms with Crippen molar-refractivity contribution in [2.24, 2.45) is 0 Å². The topological polar surface area (TPSA) is 126 Å². The van der Waals surface area contributed by atoms with Gasteiger partial charge in [-0.15, -0.1) is 0 Å². The Morgan fingerprint density at radius 1 is 0.759 bits per heavy atom. The normalized spacial score (nSPS) is 10.8. The molecule has 0 aromatic rings. The molecule has 0 fully saturated rings. The molecule has 8 nitrogen and oxygen atoms in total. The van der Waals surface area contributed by atoms with Crippen LogP contribution in [0, 0.1) is 0 Å². The summed E-state index contributed by atoms with van der Waals surface area (Å²) in [7, 11) is -3.40. The van der Waals surface area contributed by atoms with Crippen LogP contribution >= 0.6 is 23.5 Å². The monoisotopic (exact) mass is 464 g/mol. The number of rotatable bonds is 14. The molecule has 0 aliphatic rings. The van der Waals surface area contributed by atoms with Gasteiger partial charge in [-0.05, 0) is 25.0 Å². The van der Waals surface area contributed by atoms with Crippen LogP contribution in [0.1, 0.15) is 26.7 Å². The minimum Gasteiger partial charge on any atom is -0.347 e. The fourth-order valence-electron chi connectivity index (χ4n) is 1.71. The van der Waals surface area contributed by atoms with Crippen LogP contribution in [0.15, 0.2) is 24.3 Å². The van der Waals surface area contributed by atoms with E-state index in [1.54, 1.807) is 13.8 Å². The first-order valence-electron chi connectivity index (χ1n) is 8.83. The van der Waals surface area contributed by atoms with Crippen molar-refractivity contribution in [2.75, 3.05) is 36.1 Å². The second kappa shape index (κ2) is 14.4. The van der Waals surface area contributed by atoms with Crippen LogP contribution in [0.5, 0.6) is 0 Å². The summed E-state index contributed by atoms with van der Waals surface area (Å²) >= 11 is 1.66. The molecule has 164 valence electrons. The maximum absolute atomic E-state index is 12.0. The Hall–Kier alpha value is -1.59. The van der Waals surface area contributed by atoms with E-state index in [1.165, 1.54) is 0 Å². The number of carbonyl (C=O) groups is 4. The highest BCUT2D eigenvalue weighted by molar-refractivity contribution is 8.14. The predicted molar refractivity (Wildman–Crippen MR) is 119 cm³/mol. The lowest BCUT2D eigenvalue weighted by atomic mass is 10.2. The minimum atomic E-state index is -3.40. The molecule has 0 saturated carbocycles. The second-order valence-corrected chi connectivity index (χ2v) is 10.6. The molecule has 0 aromatic carbocycles. The van der Waals surface area contributed by atoms with Gasteiger partial charge in [0.1, 0.15) is 0 Å². The summed E-state index contributed by atoms with van der Waals surface area (Å²) in [6.45, 7) is 10.6. The summed E-state index contributed by atoms with van der Waals surface area (Å²) in [5.41, 5.74) is 0.842. The quantitative estimate of drug-likeness (QED) is 0.375. The van der Waals surface area contributed by atoms with Crippen LogP contribution in [0.3, 0.4) is 0 Å². The zero-order valence-electron chi connectivity index (χ0n) is 16.7. The van der Waals surface area contributed by atoms with E-state index in [0.29, 0.717) is 11.1 Å². The third-order valence-electron chi connectivity index (χ3n) is 3.45. The number of ketones is 2. The van der Waals surface area contributed by atoms with Crippen molar-refractivity contribution in [3.8, 4) is 0 Å². The van der Waals surface area contributed by atoms with Gasteiger partial charge in [0, 0.05) is 37.4 Å². The van der Waals surface area contributed by atoms with E-state index in [1.807, 2.05) is 0 Å². The fraction of sp³-hybridized carbons (Fsp3) is 0.556. The number of Topliss-reactive ketones (excluding diaryl/α,β-unsaturated/α-hetero) is 2. The van der Waals surface area contributed by atoms with Gasteiger partial charge in [-0.3, -0.25) is 19.2 Å². The van der Waals surface area contributed by atoms with Crippen LogP contribution in [-0.4, -0.2) is 66.6 Å². The number of nitrogens with one attached hydrogen (secondary N) is 2. The van der Waals surface area contributed by atoms with E-state index in [9.17, 15) is 27.6 Å². The molecular weight excluding hydrogens is 436 g/mol. The molecule has 0 aliphatic heterocycles. The van der Waals surface area contributed by atoms with Crippen molar-refractivity contribution in [3.05, 3.63) is 24.3 Å². The number of hydrogen-bond donors (Lipinski definition) is 2. The summed E-state index contributed by atoms with van der Waals surface area (Å²) in [5, 5.41) is 4.26. The standard InChI is InChI=1S/C18H28N2O6S3/c1-13(2)15(21)5-7-19-17(23)27-9-11-29(25,26)12-10-28-18(24)20-8-6-16(22)14(3)4/h1,3,5-12H2,2,4H3,(H,19,23)(H,20,24). The molecule has 11 heteroatoms. The first-order valence-corrected chi connectivity index (χ1v) is 12.6. The van der Waals surface area contributed by atoms with E-state index in [0.717, 1.165) is 23.5 Å². The van der Waals surface area contributed by atoms with E-state index in [4.69, 9.17) is 0 Å².